The molecule has 4 heteroatoms. The van der Waals surface area contributed by atoms with Crippen LogP contribution in [0.4, 0.5) is 0 Å². The summed E-state index contributed by atoms with van der Waals surface area (Å²) in [6.07, 6.45) is 8.99. The van der Waals surface area contributed by atoms with Crippen LogP contribution in [-0.4, -0.2) is 33.7 Å². The molecule has 4 nitrogen and oxygen atoms in total. The summed E-state index contributed by atoms with van der Waals surface area (Å²) in [6, 6.07) is 18.4. The molecule has 0 N–H and O–H groups in total. The van der Waals surface area contributed by atoms with Gasteiger partial charge in [0.25, 0.3) is 0 Å². The van der Waals surface area contributed by atoms with Crippen LogP contribution in [0.2, 0.25) is 0 Å². The molecule has 28 heavy (non-hydrogen) atoms. The number of carbonyl (C=O) groups is 1. The predicted octanol–water partition coefficient (Wildman–Crippen LogP) is 4.87. The largest absolute Gasteiger partial charge is 0.339 e. The van der Waals surface area contributed by atoms with Crippen LogP contribution >= 0.6 is 0 Å². The molecule has 3 aromatic rings. The molecule has 0 radical (unpaired) electrons. The lowest BCUT2D eigenvalue weighted by atomic mass is 10.1. The van der Waals surface area contributed by atoms with E-state index in [1.165, 1.54) is 12.0 Å². The molecule has 1 aliphatic heterocycles. The Hall–Kier alpha value is -3.14. The molecule has 0 saturated carbocycles. The van der Waals surface area contributed by atoms with Gasteiger partial charge < -0.3 is 4.90 Å². The van der Waals surface area contributed by atoms with Crippen LogP contribution in [0, 0.1) is 6.92 Å². The fourth-order valence-electron chi connectivity index (χ4n) is 3.54. The first-order chi connectivity index (χ1) is 13.7. The Morgan fingerprint density at radius 1 is 0.964 bits per heavy atom. The third kappa shape index (κ3) is 4.06. The molecule has 0 unspecified atom stereocenters. The second-order valence-electron chi connectivity index (χ2n) is 7.30. The second kappa shape index (κ2) is 8.26. The Balaban J connectivity index is 1.67. The van der Waals surface area contributed by atoms with Crippen LogP contribution in [0.25, 0.3) is 23.0 Å². The number of hydrogen-bond donors (Lipinski definition) is 0. The number of piperidine rings is 1. The topological polar surface area (TPSA) is 38.1 Å². The standard InChI is InChI=1S/C24H25N3O/c1-19-10-12-20(13-11-19)24-21(14-15-23(28)26-16-6-3-7-17-26)18-27(25-24)22-8-4-2-5-9-22/h2,4-5,8-15,18H,3,6-7,16-17H2,1H3. The molecule has 2 aromatic carbocycles. The summed E-state index contributed by atoms with van der Waals surface area (Å²) in [5, 5.41) is 4.81. The van der Waals surface area contributed by atoms with E-state index in [1.807, 2.05) is 52.2 Å². The molecule has 1 aromatic heterocycles. The maximum Gasteiger partial charge on any atom is 0.246 e. The number of likely N-dealkylation sites (tertiary alicyclic amines) is 1. The van der Waals surface area contributed by atoms with E-state index in [1.54, 1.807) is 6.08 Å². The maximum absolute atomic E-state index is 12.6. The van der Waals surface area contributed by atoms with Gasteiger partial charge in [0.1, 0.15) is 0 Å². The second-order valence-corrected chi connectivity index (χ2v) is 7.30. The number of benzene rings is 2. The van der Waals surface area contributed by atoms with Gasteiger partial charge in [0.2, 0.25) is 5.91 Å². The fraction of sp³-hybridized carbons (Fsp3) is 0.250. The minimum atomic E-state index is 0.0852. The first-order valence-electron chi connectivity index (χ1n) is 9.90. The van der Waals surface area contributed by atoms with Gasteiger partial charge in [-0.15, -0.1) is 0 Å². The average molecular weight is 371 g/mol. The number of hydrogen-bond acceptors (Lipinski definition) is 2. The van der Waals surface area contributed by atoms with Crippen LogP contribution in [-0.2, 0) is 4.79 Å². The number of aryl methyl sites for hydroxylation is 1. The van der Waals surface area contributed by atoms with E-state index in [4.69, 9.17) is 5.10 Å². The number of carbonyl (C=O) groups excluding carboxylic acids is 1. The summed E-state index contributed by atoms with van der Waals surface area (Å²) in [6.45, 7) is 3.79. The zero-order chi connectivity index (χ0) is 19.3. The summed E-state index contributed by atoms with van der Waals surface area (Å²) in [5.74, 6) is 0.0852. The molecule has 0 bridgehead atoms. The van der Waals surface area contributed by atoms with Crippen molar-refractivity contribution in [2.24, 2.45) is 0 Å². The van der Waals surface area contributed by atoms with E-state index in [-0.39, 0.29) is 5.91 Å². The van der Waals surface area contributed by atoms with E-state index in [9.17, 15) is 4.79 Å². The molecule has 0 atom stereocenters. The van der Waals surface area contributed by atoms with Crippen LogP contribution < -0.4 is 0 Å². The Morgan fingerprint density at radius 3 is 2.39 bits per heavy atom. The molecule has 1 aliphatic rings. The Bertz CT molecular complexity index is 965. The van der Waals surface area contributed by atoms with Gasteiger partial charge >= 0.3 is 0 Å². The van der Waals surface area contributed by atoms with E-state index < -0.39 is 0 Å². The minimum Gasteiger partial charge on any atom is -0.339 e. The summed E-state index contributed by atoms with van der Waals surface area (Å²) < 4.78 is 1.88. The van der Waals surface area contributed by atoms with E-state index >= 15 is 0 Å². The van der Waals surface area contributed by atoms with E-state index in [0.29, 0.717) is 0 Å². The van der Waals surface area contributed by atoms with Crippen molar-refractivity contribution in [3.05, 3.63) is 78.0 Å². The molecule has 1 saturated heterocycles. The van der Waals surface area contributed by atoms with E-state index in [0.717, 1.165) is 48.4 Å². The van der Waals surface area contributed by atoms with Crippen LogP contribution in [0.15, 0.2) is 66.9 Å². The van der Waals surface area contributed by atoms with Gasteiger partial charge in [-0.25, -0.2) is 4.68 Å². The first-order valence-corrected chi connectivity index (χ1v) is 9.90. The quantitative estimate of drug-likeness (QED) is 0.614. The smallest absolute Gasteiger partial charge is 0.246 e. The third-order valence-corrected chi connectivity index (χ3v) is 5.16. The lowest BCUT2D eigenvalue weighted by Crippen LogP contribution is -2.34. The zero-order valence-electron chi connectivity index (χ0n) is 16.2. The van der Waals surface area contributed by atoms with Crippen molar-refractivity contribution in [1.82, 2.24) is 14.7 Å². The predicted molar refractivity (Wildman–Crippen MR) is 113 cm³/mol. The van der Waals surface area contributed by atoms with Crippen molar-refractivity contribution in [2.75, 3.05) is 13.1 Å². The van der Waals surface area contributed by atoms with E-state index in [2.05, 4.69) is 31.2 Å². The average Bonchev–Trinajstić information content (AvgIpc) is 3.18. The highest BCUT2D eigenvalue weighted by Gasteiger charge is 2.15. The third-order valence-electron chi connectivity index (χ3n) is 5.16. The summed E-state index contributed by atoms with van der Waals surface area (Å²) >= 11 is 0. The van der Waals surface area contributed by atoms with Gasteiger partial charge in [0, 0.05) is 36.5 Å². The van der Waals surface area contributed by atoms with Crippen molar-refractivity contribution < 1.29 is 4.79 Å². The van der Waals surface area contributed by atoms with Gasteiger partial charge in [-0.1, -0.05) is 48.0 Å². The molecule has 1 fully saturated rings. The lowest BCUT2D eigenvalue weighted by molar-refractivity contribution is -0.126. The molecule has 1 amide bonds. The van der Waals surface area contributed by atoms with Gasteiger partial charge in [-0.2, -0.15) is 5.10 Å². The Kier molecular flexibility index (Phi) is 5.38. The highest BCUT2D eigenvalue weighted by Crippen LogP contribution is 2.25. The monoisotopic (exact) mass is 371 g/mol. The van der Waals surface area contributed by atoms with Crippen LogP contribution in [0.3, 0.4) is 0 Å². The van der Waals surface area contributed by atoms with Gasteiger partial charge in [0.15, 0.2) is 0 Å². The number of aromatic nitrogens is 2. The zero-order valence-corrected chi connectivity index (χ0v) is 16.2. The maximum atomic E-state index is 12.6. The molecule has 4 rings (SSSR count). The molecule has 142 valence electrons. The summed E-state index contributed by atoms with van der Waals surface area (Å²) in [4.78, 5) is 14.5. The first kappa shape index (κ1) is 18.2. The lowest BCUT2D eigenvalue weighted by Gasteiger charge is -2.25. The van der Waals surface area contributed by atoms with Gasteiger partial charge in [-0.3, -0.25) is 4.79 Å². The number of para-hydroxylation sites is 1. The highest BCUT2D eigenvalue weighted by molar-refractivity contribution is 5.93. The van der Waals surface area contributed by atoms with Gasteiger partial charge in [-0.05, 0) is 44.4 Å². The fourth-order valence-corrected chi connectivity index (χ4v) is 3.54. The summed E-state index contributed by atoms with van der Waals surface area (Å²) in [5.41, 5.74) is 5.08. The van der Waals surface area contributed by atoms with Crippen molar-refractivity contribution in [3.8, 4) is 16.9 Å². The highest BCUT2D eigenvalue weighted by atomic mass is 16.2. The molecular formula is C24H25N3O. The number of amides is 1. The number of rotatable bonds is 4. The SMILES string of the molecule is Cc1ccc(-c2nn(-c3ccccc3)cc2C=CC(=O)N2CCCCC2)cc1. The molecule has 2 heterocycles. The van der Waals surface area contributed by atoms with Crippen molar-refractivity contribution >= 4 is 12.0 Å². The Labute approximate surface area is 166 Å². The number of nitrogens with zero attached hydrogens (tertiary/aromatic N) is 3. The molecule has 0 spiro atoms. The van der Waals surface area contributed by atoms with Crippen LogP contribution in [0.1, 0.15) is 30.4 Å². The Morgan fingerprint density at radius 2 is 1.68 bits per heavy atom. The van der Waals surface area contributed by atoms with Crippen molar-refractivity contribution in [2.45, 2.75) is 26.2 Å². The summed E-state index contributed by atoms with van der Waals surface area (Å²) in [7, 11) is 0. The molecular weight excluding hydrogens is 346 g/mol. The van der Waals surface area contributed by atoms with Crippen molar-refractivity contribution in [1.29, 1.82) is 0 Å². The normalized spacial score (nSPS) is 14.5. The van der Waals surface area contributed by atoms with Gasteiger partial charge in [0.05, 0.1) is 11.4 Å². The van der Waals surface area contributed by atoms with Crippen LogP contribution in [0.5, 0.6) is 0 Å². The van der Waals surface area contributed by atoms with Crippen molar-refractivity contribution in [3.63, 3.8) is 0 Å². The molecule has 0 aliphatic carbocycles. The minimum absolute atomic E-state index is 0.0852.